The molecule has 1 unspecified atom stereocenters. The maximum absolute atomic E-state index is 12.3. The van der Waals surface area contributed by atoms with Crippen molar-refractivity contribution in [1.29, 1.82) is 0 Å². The molecule has 0 saturated carbocycles. The van der Waals surface area contributed by atoms with Gasteiger partial charge in [0.1, 0.15) is 5.75 Å². The number of hydrogen-bond donors (Lipinski definition) is 3. The van der Waals surface area contributed by atoms with E-state index in [0.29, 0.717) is 11.1 Å². The summed E-state index contributed by atoms with van der Waals surface area (Å²) >= 11 is 0. The molecule has 7 nitrogen and oxygen atoms in total. The summed E-state index contributed by atoms with van der Waals surface area (Å²) in [5.41, 5.74) is 2.16. The van der Waals surface area contributed by atoms with Crippen molar-refractivity contribution in [2.45, 2.75) is 12.6 Å². The van der Waals surface area contributed by atoms with Gasteiger partial charge in [-0.15, -0.1) is 0 Å². The maximum atomic E-state index is 12.3. The average Bonchev–Trinajstić information content (AvgIpc) is 3.18. The van der Waals surface area contributed by atoms with E-state index in [0.717, 1.165) is 5.56 Å². The second-order valence-corrected chi connectivity index (χ2v) is 6.11. The Labute approximate surface area is 161 Å². The Morgan fingerprint density at radius 3 is 2.54 bits per heavy atom. The molecule has 28 heavy (non-hydrogen) atoms. The van der Waals surface area contributed by atoms with Crippen LogP contribution in [0.5, 0.6) is 5.75 Å². The standard InChI is InChI=1S/C21H19NO6/c23-17-8-4-7-15(9-17)16-10-19(28-12-16)20(24)22-18(21(25)26)13-27-11-14-5-2-1-3-6-14/h1-10,12,18,23H,11,13H2,(H,22,24)(H,25,26). The van der Waals surface area contributed by atoms with Crippen molar-refractivity contribution in [3.05, 3.63) is 78.3 Å². The summed E-state index contributed by atoms with van der Waals surface area (Å²) in [5, 5.41) is 21.3. The van der Waals surface area contributed by atoms with E-state index in [-0.39, 0.29) is 24.7 Å². The number of phenolic OH excluding ortho intramolecular Hbond substituents is 1. The molecule has 144 valence electrons. The number of furan rings is 1. The van der Waals surface area contributed by atoms with Crippen molar-refractivity contribution >= 4 is 11.9 Å². The van der Waals surface area contributed by atoms with Gasteiger partial charge in [-0.05, 0) is 29.3 Å². The summed E-state index contributed by atoms with van der Waals surface area (Å²) in [5.74, 6) is -1.82. The minimum absolute atomic E-state index is 0.0346. The molecule has 7 heteroatoms. The first-order chi connectivity index (χ1) is 13.5. The van der Waals surface area contributed by atoms with Gasteiger partial charge in [0.15, 0.2) is 11.8 Å². The second-order valence-electron chi connectivity index (χ2n) is 6.11. The van der Waals surface area contributed by atoms with E-state index in [1.807, 2.05) is 30.3 Å². The number of phenols is 1. The molecule has 0 radical (unpaired) electrons. The van der Waals surface area contributed by atoms with Gasteiger partial charge in [0, 0.05) is 5.56 Å². The number of hydrogen-bond acceptors (Lipinski definition) is 5. The van der Waals surface area contributed by atoms with E-state index in [9.17, 15) is 19.8 Å². The molecule has 0 aliphatic heterocycles. The van der Waals surface area contributed by atoms with Crippen molar-refractivity contribution in [3.8, 4) is 16.9 Å². The van der Waals surface area contributed by atoms with Gasteiger partial charge in [0.2, 0.25) is 0 Å². The van der Waals surface area contributed by atoms with Crippen molar-refractivity contribution in [2.24, 2.45) is 0 Å². The Hall–Kier alpha value is -3.58. The maximum Gasteiger partial charge on any atom is 0.328 e. The minimum atomic E-state index is -1.22. The van der Waals surface area contributed by atoms with Crippen LogP contribution in [0.2, 0.25) is 0 Å². The normalized spacial score (nSPS) is 11.7. The molecule has 1 amide bonds. The number of nitrogens with one attached hydrogen (secondary N) is 1. The molecule has 0 aliphatic rings. The zero-order valence-electron chi connectivity index (χ0n) is 14.9. The topological polar surface area (TPSA) is 109 Å². The smallest absolute Gasteiger partial charge is 0.328 e. The monoisotopic (exact) mass is 381 g/mol. The highest BCUT2D eigenvalue weighted by molar-refractivity contribution is 5.95. The lowest BCUT2D eigenvalue weighted by molar-refractivity contribution is -0.141. The third-order valence-electron chi connectivity index (χ3n) is 4.00. The van der Waals surface area contributed by atoms with Crippen LogP contribution < -0.4 is 5.32 Å². The molecular weight excluding hydrogens is 362 g/mol. The lowest BCUT2D eigenvalue weighted by atomic mass is 10.1. The van der Waals surface area contributed by atoms with Crippen LogP contribution in [0.4, 0.5) is 0 Å². The molecule has 0 aliphatic carbocycles. The van der Waals surface area contributed by atoms with E-state index in [2.05, 4.69) is 5.32 Å². The fourth-order valence-electron chi connectivity index (χ4n) is 2.57. The molecular formula is C21H19NO6. The van der Waals surface area contributed by atoms with Gasteiger partial charge in [-0.2, -0.15) is 0 Å². The molecule has 0 spiro atoms. The number of carboxylic acids is 1. The number of carboxylic acid groups (broad SMARTS) is 1. The van der Waals surface area contributed by atoms with Gasteiger partial charge >= 0.3 is 5.97 Å². The number of amides is 1. The average molecular weight is 381 g/mol. The largest absolute Gasteiger partial charge is 0.508 e. The van der Waals surface area contributed by atoms with Crippen LogP contribution in [0.1, 0.15) is 16.1 Å². The van der Waals surface area contributed by atoms with Crippen molar-refractivity contribution in [2.75, 3.05) is 6.61 Å². The van der Waals surface area contributed by atoms with Crippen LogP contribution in [0, 0.1) is 0 Å². The molecule has 3 rings (SSSR count). The Balaban J connectivity index is 1.60. The van der Waals surface area contributed by atoms with Gasteiger partial charge in [-0.1, -0.05) is 42.5 Å². The van der Waals surface area contributed by atoms with Gasteiger partial charge in [-0.3, -0.25) is 4.79 Å². The Kier molecular flexibility index (Phi) is 6.08. The quantitative estimate of drug-likeness (QED) is 0.553. The van der Waals surface area contributed by atoms with E-state index in [1.54, 1.807) is 12.1 Å². The van der Waals surface area contributed by atoms with E-state index < -0.39 is 17.9 Å². The second kappa shape index (κ2) is 8.88. The van der Waals surface area contributed by atoms with Crippen molar-refractivity contribution < 1.29 is 29.0 Å². The summed E-state index contributed by atoms with van der Waals surface area (Å²) in [7, 11) is 0. The van der Waals surface area contributed by atoms with Crippen LogP contribution in [0.3, 0.4) is 0 Å². The van der Waals surface area contributed by atoms with Gasteiger partial charge in [0.05, 0.1) is 19.5 Å². The highest BCUT2D eigenvalue weighted by atomic mass is 16.5. The first-order valence-electron chi connectivity index (χ1n) is 8.56. The summed E-state index contributed by atoms with van der Waals surface area (Å²) < 4.78 is 10.7. The molecule has 1 heterocycles. The van der Waals surface area contributed by atoms with Crippen LogP contribution in [0.25, 0.3) is 11.1 Å². The third-order valence-corrected chi connectivity index (χ3v) is 4.00. The molecule has 1 aromatic heterocycles. The summed E-state index contributed by atoms with van der Waals surface area (Å²) in [6.07, 6.45) is 1.37. The Morgan fingerprint density at radius 2 is 1.82 bits per heavy atom. The molecule has 0 bridgehead atoms. The number of carbonyl (C=O) groups is 2. The van der Waals surface area contributed by atoms with Gasteiger partial charge < -0.3 is 24.7 Å². The van der Waals surface area contributed by atoms with Crippen LogP contribution in [-0.4, -0.2) is 34.7 Å². The summed E-state index contributed by atoms with van der Waals surface area (Å²) in [4.78, 5) is 23.8. The lowest BCUT2D eigenvalue weighted by Gasteiger charge is -2.14. The van der Waals surface area contributed by atoms with Crippen LogP contribution >= 0.6 is 0 Å². The van der Waals surface area contributed by atoms with Gasteiger partial charge in [-0.25, -0.2) is 4.79 Å². The number of aliphatic carboxylic acids is 1. The van der Waals surface area contributed by atoms with Crippen molar-refractivity contribution in [3.63, 3.8) is 0 Å². The van der Waals surface area contributed by atoms with E-state index in [4.69, 9.17) is 9.15 Å². The van der Waals surface area contributed by atoms with Crippen LogP contribution in [0.15, 0.2) is 71.3 Å². The molecule has 3 N–H and O–H groups in total. The Morgan fingerprint density at radius 1 is 1.04 bits per heavy atom. The minimum Gasteiger partial charge on any atom is -0.508 e. The molecule has 1 atom stereocenters. The number of rotatable bonds is 8. The Bertz CT molecular complexity index is 950. The first-order valence-corrected chi connectivity index (χ1v) is 8.56. The van der Waals surface area contributed by atoms with Gasteiger partial charge in [0.25, 0.3) is 5.91 Å². The highest BCUT2D eigenvalue weighted by Crippen LogP contribution is 2.25. The highest BCUT2D eigenvalue weighted by Gasteiger charge is 2.23. The molecule has 2 aromatic carbocycles. The molecule has 0 saturated heterocycles. The summed E-state index contributed by atoms with van der Waals surface area (Å²) in [6.45, 7) is 0.0545. The lowest BCUT2D eigenvalue weighted by Crippen LogP contribution is -2.43. The predicted octanol–water partition coefficient (Wildman–Crippen LogP) is 3.05. The zero-order valence-corrected chi connectivity index (χ0v) is 14.9. The van der Waals surface area contributed by atoms with E-state index in [1.165, 1.54) is 24.5 Å². The number of carbonyl (C=O) groups excluding carboxylic acids is 1. The third kappa shape index (κ3) is 4.99. The fourth-order valence-corrected chi connectivity index (χ4v) is 2.57. The summed E-state index contributed by atoms with van der Waals surface area (Å²) in [6, 6.07) is 16.1. The SMILES string of the molecule is O=C(NC(COCc1ccccc1)C(=O)O)c1cc(-c2cccc(O)c2)co1. The molecule has 3 aromatic rings. The number of benzene rings is 2. The number of aromatic hydroxyl groups is 1. The first kappa shape index (κ1) is 19.2. The van der Waals surface area contributed by atoms with Crippen molar-refractivity contribution in [1.82, 2.24) is 5.32 Å². The van der Waals surface area contributed by atoms with E-state index >= 15 is 0 Å². The number of ether oxygens (including phenoxy) is 1. The zero-order chi connectivity index (χ0) is 19.9. The van der Waals surface area contributed by atoms with Crippen LogP contribution in [-0.2, 0) is 16.1 Å². The fraction of sp³-hybridized carbons (Fsp3) is 0.143. The predicted molar refractivity (Wildman–Crippen MR) is 101 cm³/mol. The molecule has 0 fully saturated rings.